The van der Waals surface area contributed by atoms with Gasteiger partial charge < -0.3 is 19.5 Å². The Balaban J connectivity index is 1.02. The van der Waals surface area contributed by atoms with Crippen LogP contribution in [-0.4, -0.2) is 31.4 Å². The Kier molecular flexibility index (Phi) is 8.01. The average molecular weight is 508 g/mol. The molecule has 2 aliphatic heterocycles. The van der Waals surface area contributed by atoms with E-state index in [1.54, 1.807) is 0 Å². The molecule has 2 fully saturated rings. The highest BCUT2D eigenvalue weighted by Crippen LogP contribution is 2.39. The number of ether oxygens (including phenoxy) is 3. The van der Waals surface area contributed by atoms with Gasteiger partial charge in [0.2, 0.25) is 0 Å². The van der Waals surface area contributed by atoms with Gasteiger partial charge in [-0.15, -0.1) is 0 Å². The average Bonchev–Trinajstić information content (AvgIpc) is 3.36. The third-order valence-corrected chi connectivity index (χ3v) is 7.99. The Morgan fingerprint density at radius 1 is 0.711 bits per heavy atom. The number of nitrogens with one attached hydrogen (secondary N) is 1. The minimum Gasteiger partial charge on any atom is -0.494 e. The minimum absolute atomic E-state index is 0.187. The fourth-order valence-corrected chi connectivity index (χ4v) is 6.01. The van der Waals surface area contributed by atoms with Crippen molar-refractivity contribution >= 4 is 10.8 Å². The van der Waals surface area contributed by atoms with E-state index < -0.39 is 0 Å². The maximum atomic E-state index is 6.68. The Labute approximate surface area is 225 Å². The minimum atomic E-state index is 0.187. The molecule has 4 nitrogen and oxygen atoms in total. The van der Waals surface area contributed by atoms with Gasteiger partial charge in [-0.25, -0.2) is 0 Å². The van der Waals surface area contributed by atoms with Gasteiger partial charge in [0.05, 0.1) is 32.5 Å². The number of rotatable bonds is 11. The van der Waals surface area contributed by atoms with Gasteiger partial charge in [0.1, 0.15) is 5.75 Å². The van der Waals surface area contributed by atoms with Crippen molar-refractivity contribution in [2.75, 3.05) is 13.2 Å². The number of piperidine rings is 1. The second kappa shape index (κ2) is 12.1. The van der Waals surface area contributed by atoms with Gasteiger partial charge in [-0.3, -0.25) is 0 Å². The molecule has 2 bridgehead atoms. The summed E-state index contributed by atoms with van der Waals surface area (Å²) in [6.45, 7) is 2.64. The second-order valence-corrected chi connectivity index (χ2v) is 10.7. The summed E-state index contributed by atoms with van der Waals surface area (Å²) in [5, 5.41) is 6.36. The number of benzene rings is 4. The molecule has 4 unspecified atom stereocenters. The highest BCUT2D eigenvalue weighted by molar-refractivity contribution is 5.82. The van der Waals surface area contributed by atoms with Crippen LogP contribution in [0, 0.1) is 0 Å². The van der Waals surface area contributed by atoms with Crippen molar-refractivity contribution in [3.05, 3.63) is 114 Å². The van der Waals surface area contributed by atoms with Crippen LogP contribution in [0.4, 0.5) is 0 Å². The summed E-state index contributed by atoms with van der Waals surface area (Å²) in [6, 6.07) is 35.2. The van der Waals surface area contributed by atoms with Gasteiger partial charge in [0, 0.05) is 24.4 Å². The summed E-state index contributed by atoms with van der Waals surface area (Å²) >= 11 is 0. The normalized spacial score (nSPS) is 22.5. The fraction of sp³-hybridized carbons (Fsp3) is 0.353. The van der Waals surface area contributed by atoms with Gasteiger partial charge in [-0.1, -0.05) is 78.9 Å². The Morgan fingerprint density at radius 3 is 2.37 bits per heavy atom. The zero-order chi connectivity index (χ0) is 25.6. The molecule has 2 heterocycles. The van der Waals surface area contributed by atoms with Crippen LogP contribution >= 0.6 is 0 Å². The first-order valence-electron chi connectivity index (χ1n) is 14.0. The van der Waals surface area contributed by atoms with Crippen LogP contribution in [0.5, 0.6) is 5.75 Å². The van der Waals surface area contributed by atoms with Crippen LogP contribution in [0.1, 0.15) is 48.3 Å². The van der Waals surface area contributed by atoms with E-state index in [9.17, 15) is 0 Å². The fourth-order valence-electron chi connectivity index (χ4n) is 6.01. The molecule has 1 N–H and O–H groups in total. The molecule has 4 aromatic carbocycles. The predicted molar refractivity (Wildman–Crippen MR) is 152 cm³/mol. The topological polar surface area (TPSA) is 39.7 Å². The molecule has 0 aliphatic carbocycles. The third-order valence-electron chi connectivity index (χ3n) is 7.99. The van der Waals surface area contributed by atoms with Crippen molar-refractivity contribution in [3.63, 3.8) is 0 Å². The maximum absolute atomic E-state index is 6.68. The Bertz CT molecular complexity index is 1310. The van der Waals surface area contributed by atoms with Gasteiger partial charge >= 0.3 is 0 Å². The monoisotopic (exact) mass is 507 g/mol. The number of hydrogen-bond donors (Lipinski definition) is 1. The largest absolute Gasteiger partial charge is 0.494 e. The van der Waals surface area contributed by atoms with E-state index in [4.69, 9.17) is 14.2 Å². The van der Waals surface area contributed by atoms with Crippen LogP contribution in [0.3, 0.4) is 0 Å². The molecular formula is C34H37NO3. The molecule has 0 saturated carbocycles. The second-order valence-electron chi connectivity index (χ2n) is 10.7. The molecule has 0 spiro atoms. The van der Waals surface area contributed by atoms with E-state index in [1.807, 2.05) is 30.3 Å². The molecule has 6 rings (SSSR count). The van der Waals surface area contributed by atoms with Crippen LogP contribution in [-0.2, 0) is 22.7 Å². The molecule has 38 heavy (non-hydrogen) atoms. The van der Waals surface area contributed by atoms with Gasteiger partial charge in [-0.05, 0) is 64.9 Å². The summed E-state index contributed by atoms with van der Waals surface area (Å²) in [4.78, 5) is 0. The van der Waals surface area contributed by atoms with E-state index in [0.717, 1.165) is 18.6 Å². The SMILES string of the molecule is c1ccc(OCCCOCc2ccc(C3CC4CCC(N4)C3OCc3ccc4ccccc4c3)cc2)cc1. The van der Waals surface area contributed by atoms with Crippen LogP contribution < -0.4 is 10.1 Å². The lowest BCUT2D eigenvalue weighted by atomic mass is 9.83. The Hall–Kier alpha value is -3.18. The first-order chi connectivity index (χ1) is 18.8. The lowest BCUT2D eigenvalue weighted by Gasteiger charge is -2.38. The number of para-hydroxylation sites is 1. The van der Waals surface area contributed by atoms with Crippen LogP contribution in [0.25, 0.3) is 10.8 Å². The molecule has 4 atom stereocenters. The summed E-state index contributed by atoms with van der Waals surface area (Å²) in [6.07, 6.45) is 4.64. The summed E-state index contributed by atoms with van der Waals surface area (Å²) in [5.74, 6) is 1.33. The lowest BCUT2D eigenvalue weighted by molar-refractivity contribution is -0.0133. The van der Waals surface area contributed by atoms with Crippen molar-refractivity contribution in [2.24, 2.45) is 0 Å². The van der Waals surface area contributed by atoms with Crippen molar-refractivity contribution in [1.82, 2.24) is 5.32 Å². The highest BCUT2D eigenvalue weighted by atomic mass is 16.5. The van der Waals surface area contributed by atoms with E-state index in [2.05, 4.69) is 72.0 Å². The van der Waals surface area contributed by atoms with Crippen molar-refractivity contribution < 1.29 is 14.2 Å². The zero-order valence-corrected chi connectivity index (χ0v) is 21.9. The number of fused-ring (bicyclic) bond motifs is 3. The Morgan fingerprint density at radius 2 is 1.50 bits per heavy atom. The van der Waals surface area contributed by atoms with Crippen molar-refractivity contribution in [2.45, 2.75) is 63.0 Å². The zero-order valence-electron chi connectivity index (χ0n) is 21.9. The predicted octanol–water partition coefficient (Wildman–Crippen LogP) is 7.02. The summed E-state index contributed by atoms with van der Waals surface area (Å²) in [5.41, 5.74) is 3.83. The molecule has 2 aliphatic rings. The molecule has 0 aromatic heterocycles. The van der Waals surface area contributed by atoms with E-state index >= 15 is 0 Å². The van der Waals surface area contributed by atoms with Crippen molar-refractivity contribution in [3.8, 4) is 5.75 Å². The first-order valence-corrected chi connectivity index (χ1v) is 14.0. The van der Waals surface area contributed by atoms with Gasteiger partial charge in [0.15, 0.2) is 0 Å². The number of hydrogen-bond acceptors (Lipinski definition) is 4. The quantitative estimate of drug-likeness (QED) is 0.222. The molecule has 4 aromatic rings. The molecule has 4 heteroatoms. The van der Waals surface area contributed by atoms with Gasteiger partial charge in [0.25, 0.3) is 0 Å². The van der Waals surface area contributed by atoms with E-state index in [-0.39, 0.29) is 6.10 Å². The third kappa shape index (κ3) is 6.10. The molecule has 2 saturated heterocycles. The smallest absolute Gasteiger partial charge is 0.119 e. The first kappa shape index (κ1) is 25.1. The lowest BCUT2D eigenvalue weighted by Crippen LogP contribution is -2.49. The van der Waals surface area contributed by atoms with E-state index in [1.165, 1.54) is 40.3 Å². The highest BCUT2D eigenvalue weighted by Gasteiger charge is 2.42. The van der Waals surface area contributed by atoms with Crippen LogP contribution in [0.2, 0.25) is 0 Å². The molecule has 196 valence electrons. The van der Waals surface area contributed by atoms with Crippen LogP contribution in [0.15, 0.2) is 97.1 Å². The summed E-state index contributed by atoms with van der Waals surface area (Å²) < 4.78 is 18.3. The van der Waals surface area contributed by atoms with Crippen molar-refractivity contribution in [1.29, 1.82) is 0 Å². The molecule has 0 radical (unpaired) electrons. The van der Waals surface area contributed by atoms with E-state index in [0.29, 0.717) is 44.4 Å². The summed E-state index contributed by atoms with van der Waals surface area (Å²) in [7, 11) is 0. The molecule has 0 amide bonds. The maximum Gasteiger partial charge on any atom is 0.119 e. The van der Waals surface area contributed by atoms with Gasteiger partial charge in [-0.2, -0.15) is 0 Å². The molecular weight excluding hydrogens is 470 g/mol. The standard InChI is InChI=1S/C34H37NO3/c1-2-9-31(10-3-1)37-20-6-19-36-23-25-11-15-28(16-12-25)32-22-30-17-18-33(35-30)34(32)38-24-26-13-14-27-7-4-5-8-29(27)21-26/h1-5,7-16,21,30,32-35H,6,17-20,22-24H2.